The van der Waals surface area contributed by atoms with Crippen molar-refractivity contribution in [1.29, 1.82) is 0 Å². The van der Waals surface area contributed by atoms with Crippen LogP contribution >= 0.6 is 0 Å². The van der Waals surface area contributed by atoms with Crippen LogP contribution in [-0.2, 0) is 6.42 Å². The van der Waals surface area contributed by atoms with E-state index in [1.54, 1.807) is 0 Å². The van der Waals surface area contributed by atoms with Crippen molar-refractivity contribution in [2.45, 2.75) is 6.42 Å². The molecule has 2 aliphatic rings. The Kier molecular flexibility index (Phi) is 1.67. The van der Waals surface area contributed by atoms with Crippen molar-refractivity contribution in [2.24, 2.45) is 11.7 Å². The van der Waals surface area contributed by atoms with Gasteiger partial charge >= 0.3 is 0 Å². The lowest BCUT2D eigenvalue weighted by atomic mass is 9.93. The van der Waals surface area contributed by atoms with Gasteiger partial charge in [-0.05, 0) is 30.5 Å². The smallest absolute Gasteiger partial charge is 0.0877 e. The van der Waals surface area contributed by atoms with Gasteiger partial charge < -0.3 is 16.0 Å². The van der Waals surface area contributed by atoms with Crippen molar-refractivity contribution in [1.82, 2.24) is 0 Å². The second-order valence-corrected chi connectivity index (χ2v) is 4.18. The van der Waals surface area contributed by atoms with E-state index in [4.69, 9.17) is 5.73 Å². The van der Waals surface area contributed by atoms with E-state index in [1.165, 1.54) is 16.9 Å². The summed E-state index contributed by atoms with van der Waals surface area (Å²) in [6, 6.07) is 6.51. The number of para-hydroxylation sites is 1. The predicted molar refractivity (Wildman–Crippen MR) is 58.5 cm³/mol. The van der Waals surface area contributed by atoms with Gasteiger partial charge in [0, 0.05) is 6.54 Å². The topological polar surface area (TPSA) is 41.3 Å². The summed E-state index contributed by atoms with van der Waals surface area (Å²) in [4.78, 5) is 2.41. The van der Waals surface area contributed by atoms with E-state index in [-0.39, 0.29) is 0 Å². The van der Waals surface area contributed by atoms with Crippen LogP contribution in [0.5, 0.6) is 0 Å². The van der Waals surface area contributed by atoms with Crippen LogP contribution in [0.15, 0.2) is 18.2 Å². The van der Waals surface area contributed by atoms with Gasteiger partial charge in [-0.2, -0.15) is 0 Å². The van der Waals surface area contributed by atoms with E-state index < -0.39 is 0 Å². The third kappa shape index (κ3) is 1.02. The summed E-state index contributed by atoms with van der Waals surface area (Å²) in [6.45, 7) is 2.84. The summed E-state index contributed by atoms with van der Waals surface area (Å²) in [5, 5.41) is 3.41. The van der Waals surface area contributed by atoms with Crippen molar-refractivity contribution in [3.8, 4) is 0 Å². The van der Waals surface area contributed by atoms with E-state index in [0.717, 1.165) is 26.2 Å². The molecule has 3 rings (SSSR count). The molecule has 3 heteroatoms. The SMILES string of the molecule is NCC1Cc2cccc3c2N(CN3)C1. The average molecular weight is 189 g/mol. The molecule has 1 aromatic rings. The van der Waals surface area contributed by atoms with Crippen LogP contribution in [0, 0.1) is 5.92 Å². The molecule has 0 radical (unpaired) electrons. The Morgan fingerprint density at radius 1 is 1.50 bits per heavy atom. The molecule has 2 heterocycles. The van der Waals surface area contributed by atoms with Gasteiger partial charge in [-0.15, -0.1) is 0 Å². The number of hydrogen-bond donors (Lipinski definition) is 2. The number of nitrogens with one attached hydrogen (secondary N) is 1. The highest BCUT2D eigenvalue weighted by Crippen LogP contribution is 2.39. The van der Waals surface area contributed by atoms with E-state index in [0.29, 0.717) is 5.92 Å². The minimum Gasteiger partial charge on any atom is -0.366 e. The third-order valence-electron chi connectivity index (χ3n) is 3.22. The molecule has 2 aliphatic heterocycles. The molecule has 3 nitrogen and oxygen atoms in total. The van der Waals surface area contributed by atoms with Crippen LogP contribution in [0.4, 0.5) is 11.4 Å². The Hall–Kier alpha value is -1.22. The number of nitrogens with two attached hydrogens (primary N) is 1. The summed E-state index contributed by atoms with van der Waals surface area (Å²) >= 11 is 0. The normalized spacial score (nSPS) is 23.2. The number of rotatable bonds is 1. The molecule has 0 fully saturated rings. The Labute approximate surface area is 83.9 Å². The standard InChI is InChI=1S/C11H15N3/c12-5-8-4-9-2-1-3-10-11(9)14(6-8)7-13-10/h1-3,8,13H,4-7,12H2. The second-order valence-electron chi connectivity index (χ2n) is 4.18. The Morgan fingerprint density at radius 3 is 3.29 bits per heavy atom. The van der Waals surface area contributed by atoms with Crippen LogP contribution in [0.3, 0.4) is 0 Å². The molecular weight excluding hydrogens is 174 g/mol. The lowest BCUT2D eigenvalue weighted by Gasteiger charge is -2.31. The molecule has 74 valence electrons. The van der Waals surface area contributed by atoms with Crippen molar-refractivity contribution >= 4 is 11.4 Å². The zero-order chi connectivity index (χ0) is 9.54. The second kappa shape index (κ2) is 2.89. The first-order chi connectivity index (χ1) is 6.88. The molecule has 14 heavy (non-hydrogen) atoms. The van der Waals surface area contributed by atoms with Gasteiger partial charge in [-0.3, -0.25) is 0 Å². The highest BCUT2D eigenvalue weighted by atomic mass is 15.3. The first-order valence-electron chi connectivity index (χ1n) is 5.19. The molecule has 1 atom stereocenters. The maximum atomic E-state index is 5.75. The third-order valence-corrected chi connectivity index (χ3v) is 3.22. The van der Waals surface area contributed by atoms with Gasteiger partial charge in [0.25, 0.3) is 0 Å². The maximum Gasteiger partial charge on any atom is 0.0877 e. The molecule has 1 aromatic carbocycles. The van der Waals surface area contributed by atoms with Gasteiger partial charge in [-0.1, -0.05) is 12.1 Å². The molecule has 0 spiro atoms. The minimum absolute atomic E-state index is 0.623. The summed E-state index contributed by atoms with van der Waals surface area (Å²) < 4.78 is 0. The molecule has 0 saturated carbocycles. The van der Waals surface area contributed by atoms with Crippen LogP contribution < -0.4 is 16.0 Å². The van der Waals surface area contributed by atoms with Crippen molar-refractivity contribution < 1.29 is 0 Å². The molecule has 0 aromatic heterocycles. The van der Waals surface area contributed by atoms with Crippen molar-refractivity contribution in [3.63, 3.8) is 0 Å². The van der Waals surface area contributed by atoms with Gasteiger partial charge in [-0.25, -0.2) is 0 Å². The lowest BCUT2D eigenvalue weighted by Crippen LogP contribution is -2.37. The average Bonchev–Trinajstić information content (AvgIpc) is 2.64. The summed E-state index contributed by atoms with van der Waals surface area (Å²) in [7, 11) is 0. The summed E-state index contributed by atoms with van der Waals surface area (Å²) in [5.41, 5.74) is 9.90. The molecule has 0 amide bonds. The van der Waals surface area contributed by atoms with Gasteiger partial charge in [0.15, 0.2) is 0 Å². The summed E-state index contributed by atoms with van der Waals surface area (Å²) in [5.74, 6) is 0.623. The monoisotopic (exact) mass is 189 g/mol. The zero-order valence-electron chi connectivity index (χ0n) is 8.16. The number of anilines is 2. The fourth-order valence-corrected chi connectivity index (χ4v) is 2.53. The fraction of sp³-hybridized carbons (Fsp3) is 0.455. The Bertz CT molecular complexity index is 362. The molecule has 0 aliphatic carbocycles. The highest BCUT2D eigenvalue weighted by molar-refractivity contribution is 5.78. The predicted octanol–water partition coefficient (Wildman–Crippen LogP) is 1.01. The quantitative estimate of drug-likeness (QED) is 0.692. The minimum atomic E-state index is 0.623. The van der Waals surface area contributed by atoms with E-state index in [2.05, 4.69) is 28.4 Å². The maximum absolute atomic E-state index is 5.75. The van der Waals surface area contributed by atoms with E-state index >= 15 is 0 Å². The number of nitrogens with zero attached hydrogens (tertiary/aromatic N) is 1. The van der Waals surface area contributed by atoms with Crippen LogP contribution in [0.25, 0.3) is 0 Å². The first kappa shape index (κ1) is 8.12. The largest absolute Gasteiger partial charge is 0.366 e. The fourth-order valence-electron chi connectivity index (χ4n) is 2.53. The Balaban J connectivity index is 2.06. The van der Waals surface area contributed by atoms with Crippen molar-refractivity contribution in [3.05, 3.63) is 23.8 Å². The van der Waals surface area contributed by atoms with Gasteiger partial charge in [0.1, 0.15) is 0 Å². The van der Waals surface area contributed by atoms with Crippen molar-refractivity contribution in [2.75, 3.05) is 30.0 Å². The number of benzene rings is 1. The highest BCUT2D eigenvalue weighted by Gasteiger charge is 2.28. The molecule has 1 unspecified atom stereocenters. The number of hydrogen-bond acceptors (Lipinski definition) is 3. The molecule has 0 bridgehead atoms. The van der Waals surface area contributed by atoms with Gasteiger partial charge in [0.2, 0.25) is 0 Å². The zero-order valence-corrected chi connectivity index (χ0v) is 8.16. The molecule has 0 saturated heterocycles. The van der Waals surface area contributed by atoms with E-state index in [9.17, 15) is 0 Å². The first-order valence-corrected chi connectivity index (χ1v) is 5.19. The van der Waals surface area contributed by atoms with E-state index in [1.807, 2.05) is 0 Å². The van der Waals surface area contributed by atoms with Crippen LogP contribution in [-0.4, -0.2) is 19.8 Å². The summed E-state index contributed by atoms with van der Waals surface area (Å²) in [6.07, 6.45) is 1.14. The Morgan fingerprint density at radius 2 is 2.43 bits per heavy atom. The lowest BCUT2D eigenvalue weighted by molar-refractivity contribution is 0.510. The molecular formula is C11H15N3. The van der Waals surface area contributed by atoms with Gasteiger partial charge in [0.05, 0.1) is 18.0 Å². The van der Waals surface area contributed by atoms with Crippen LogP contribution in [0.2, 0.25) is 0 Å². The van der Waals surface area contributed by atoms with Crippen LogP contribution in [0.1, 0.15) is 5.56 Å². The molecule has 3 N–H and O–H groups in total.